The van der Waals surface area contributed by atoms with Gasteiger partial charge in [-0.15, -0.1) is 0 Å². The van der Waals surface area contributed by atoms with E-state index in [9.17, 15) is 14.4 Å². The van der Waals surface area contributed by atoms with E-state index < -0.39 is 5.97 Å². The molecular weight excluding hydrogens is 288 g/mol. The van der Waals surface area contributed by atoms with Crippen LogP contribution >= 0.6 is 0 Å². The average molecular weight is 306 g/mol. The lowest BCUT2D eigenvalue weighted by Gasteiger charge is -2.36. The number of carbonyl (C=O) groups excluding carboxylic acids is 2. The number of carboxylic acid groups (broad SMARTS) is 1. The fourth-order valence-electron chi connectivity index (χ4n) is 3.16. The molecule has 2 saturated heterocycles. The Morgan fingerprint density at radius 3 is 2.36 bits per heavy atom. The Kier molecular flexibility index (Phi) is 3.87. The van der Waals surface area contributed by atoms with Gasteiger partial charge in [0.1, 0.15) is 0 Å². The zero-order valence-corrected chi connectivity index (χ0v) is 12.2. The Balaban J connectivity index is 1.59. The maximum absolute atomic E-state index is 12.3. The minimum Gasteiger partial charge on any atom is -0.475 e. The van der Waals surface area contributed by atoms with Crippen molar-refractivity contribution < 1.29 is 23.9 Å². The number of carbonyl (C=O) groups is 3. The number of carboxylic acids is 1. The summed E-state index contributed by atoms with van der Waals surface area (Å²) in [6, 6.07) is 2.89. The Morgan fingerprint density at radius 1 is 1.14 bits per heavy atom. The van der Waals surface area contributed by atoms with E-state index in [1.165, 1.54) is 12.1 Å². The Labute approximate surface area is 127 Å². The molecule has 0 unspecified atom stereocenters. The molecule has 118 valence electrons. The molecule has 3 rings (SSSR count). The van der Waals surface area contributed by atoms with Crippen LogP contribution in [0.15, 0.2) is 16.5 Å². The van der Waals surface area contributed by atoms with Gasteiger partial charge in [-0.1, -0.05) is 0 Å². The molecule has 1 aromatic rings. The van der Waals surface area contributed by atoms with Gasteiger partial charge in [0.25, 0.3) is 5.91 Å². The van der Waals surface area contributed by atoms with E-state index in [4.69, 9.17) is 9.52 Å². The van der Waals surface area contributed by atoms with Crippen molar-refractivity contribution in [2.45, 2.75) is 31.7 Å². The number of aromatic carboxylic acids is 1. The van der Waals surface area contributed by atoms with E-state index in [2.05, 4.69) is 0 Å². The summed E-state index contributed by atoms with van der Waals surface area (Å²) in [5, 5.41) is 8.82. The van der Waals surface area contributed by atoms with Gasteiger partial charge in [0, 0.05) is 32.1 Å². The molecule has 0 aromatic carbocycles. The monoisotopic (exact) mass is 306 g/mol. The number of hydrogen-bond acceptors (Lipinski definition) is 4. The predicted octanol–water partition coefficient (Wildman–Crippen LogP) is 1.20. The summed E-state index contributed by atoms with van der Waals surface area (Å²) in [6.45, 7) is 1.92. The highest BCUT2D eigenvalue weighted by molar-refractivity contribution is 5.93. The molecule has 7 nitrogen and oxygen atoms in total. The van der Waals surface area contributed by atoms with Crippen LogP contribution in [-0.2, 0) is 4.79 Å². The summed E-state index contributed by atoms with van der Waals surface area (Å²) < 4.78 is 5.05. The summed E-state index contributed by atoms with van der Waals surface area (Å²) in [4.78, 5) is 38.4. The molecule has 0 saturated carbocycles. The SMILES string of the molecule is O=C(O)c1ccc(C(=O)N2CCC(N3CCCC3=O)CC2)o1. The topological polar surface area (TPSA) is 91.1 Å². The standard InChI is InChI=1S/C15H18N2O5/c18-13-2-1-7-17(13)10-5-8-16(9-6-10)14(19)11-3-4-12(22-11)15(20)21/h3-4,10H,1-2,5-9H2,(H,20,21). The van der Waals surface area contributed by atoms with Gasteiger partial charge in [-0.25, -0.2) is 4.79 Å². The number of furan rings is 1. The van der Waals surface area contributed by atoms with Crippen molar-refractivity contribution in [3.05, 3.63) is 23.7 Å². The highest BCUT2D eigenvalue weighted by atomic mass is 16.4. The van der Waals surface area contributed by atoms with Crippen molar-refractivity contribution in [3.8, 4) is 0 Å². The van der Waals surface area contributed by atoms with Crippen molar-refractivity contribution in [1.82, 2.24) is 9.80 Å². The van der Waals surface area contributed by atoms with Crippen molar-refractivity contribution in [2.75, 3.05) is 19.6 Å². The van der Waals surface area contributed by atoms with Crippen LogP contribution in [0.5, 0.6) is 0 Å². The Bertz CT molecular complexity index is 601. The van der Waals surface area contributed by atoms with Crippen LogP contribution in [0.25, 0.3) is 0 Å². The number of likely N-dealkylation sites (tertiary alicyclic amines) is 2. The normalized spacial score (nSPS) is 19.7. The summed E-state index contributed by atoms with van der Waals surface area (Å²) in [5.74, 6) is -1.46. The predicted molar refractivity (Wildman–Crippen MR) is 75.5 cm³/mol. The van der Waals surface area contributed by atoms with Crippen LogP contribution in [0.2, 0.25) is 0 Å². The Morgan fingerprint density at radius 2 is 1.82 bits per heavy atom. The number of nitrogens with zero attached hydrogens (tertiary/aromatic N) is 2. The van der Waals surface area contributed by atoms with E-state index >= 15 is 0 Å². The highest BCUT2D eigenvalue weighted by Crippen LogP contribution is 2.23. The van der Waals surface area contributed by atoms with E-state index in [1.807, 2.05) is 4.90 Å². The van der Waals surface area contributed by atoms with Crippen molar-refractivity contribution in [3.63, 3.8) is 0 Å². The van der Waals surface area contributed by atoms with Crippen molar-refractivity contribution in [1.29, 1.82) is 0 Å². The first-order valence-corrected chi connectivity index (χ1v) is 7.48. The molecule has 2 aliphatic heterocycles. The molecular formula is C15H18N2O5. The molecule has 7 heteroatoms. The lowest BCUT2D eigenvalue weighted by molar-refractivity contribution is -0.130. The van der Waals surface area contributed by atoms with Gasteiger partial charge in [-0.3, -0.25) is 9.59 Å². The highest BCUT2D eigenvalue weighted by Gasteiger charge is 2.32. The molecule has 1 aromatic heterocycles. The van der Waals surface area contributed by atoms with Crippen LogP contribution in [0.1, 0.15) is 46.8 Å². The zero-order chi connectivity index (χ0) is 15.7. The first-order chi connectivity index (χ1) is 10.6. The molecule has 0 aliphatic carbocycles. The minimum atomic E-state index is -1.19. The van der Waals surface area contributed by atoms with E-state index in [-0.39, 0.29) is 29.4 Å². The van der Waals surface area contributed by atoms with Gasteiger partial charge in [-0.2, -0.15) is 0 Å². The minimum absolute atomic E-state index is 0.0492. The summed E-state index contributed by atoms with van der Waals surface area (Å²) >= 11 is 0. The third-order valence-electron chi connectivity index (χ3n) is 4.33. The van der Waals surface area contributed by atoms with E-state index in [1.54, 1.807) is 4.90 Å². The molecule has 0 bridgehead atoms. The molecule has 22 heavy (non-hydrogen) atoms. The summed E-state index contributed by atoms with van der Waals surface area (Å²) in [5.41, 5.74) is 0. The molecule has 0 radical (unpaired) electrons. The quantitative estimate of drug-likeness (QED) is 0.906. The van der Waals surface area contributed by atoms with Crippen molar-refractivity contribution in [2.24, 2.45) is 0 Å². The molecule has 2 aliphatic rings. The summed E-state index contributed by atoms with van der Waals surface area (Å²) in [6.07, 6.45) is 3.06. The third-order valence-corrected chi connectivity index (χ3v) is 4.33. The van der Waals surface area contributed by atoms with Crippen molar-refractivity contribution >= 4 is 17.8 Å². The molecule has 2 fully saturated rings. The fraction of sp³-hybridized carbons (Fsp3) is 0.533. The number of hydrogen-bond donors (Lipinski definition) is 1. The van der Waals surface area contributed by atoms with E-state index in [0.29, 0.717) is 19.5 Å². The van der Waals surface area contributed by atoms with Gasteiger partial charge < -0.3 is 19.3 Å². The molecule has 0 spiro atoms. The first kappa shape index (κ1) is 14.6. The van der Waals surface area contributed by atoms with Crippen LogP contribution in [-0.4, -0.2) is 58.4 Å². The summed E-state index contributed by atoms with van der Waals surface area (Å²) in [7, 11) is 0. The number of amides is 2. The van der Waals surface area contributed by atoms with Crippen LogP contribution in [0, 0.1) is 0 Å². The van der Waals surface area contributed by atoms with Gasteiger partial charge in [-0.05, 0) is 31.4 Å². The lowest BCUT2D eigenvalue weighted by Crippen LogP contribution is -2.47. The molecule has 0 atom stereocenters. The second-order valence-electron chi connectivity index (χ2n) is 5.68. The molecule has 2 amide bonds. The number of piperidine rings is 1. The Hall–Kier alpha value is -2.31. The lowest BCUT2D eigenvalue weighted by atomic mass is 10.0. The maximum Gasteiger partial charge on any atom is 0.371 e. The second kappa shape index (κ2) is 5.82. The van der Waals surface area contributed by atoms with Crippen LogP contribution in [0.3, 0.4) is 0 Å². The first-order valence-electron chi connectivity index (χ1n) is 7.48. The largest absolute Gasteiger partial charge is 0.475 e. The molecule has 1 N–H and O–H groups in total. The van der Waals surface area contributed by atoms with Crippen LogP contribution < -0.4 is 0 Å². The van der Waals surface area contributed by atoms with Gasteiger partial charge in [0.2, 0.25) is 11.7 Å². The number of rotatable bonds is 3. The smallest absolute Gasteiger partial charge is 0.371 e. The zero-order valence-electron chi connectivity index (χ0n) is 12.2. The second-order valence-corrected chi connectivity index (χ2v) is 5.68. The molecule has 3 heterocycles. The van der Waals surface area contributed by atoms with Gasteiger partial charge in [0.15, 0.2) is 5.76 Å². The third kappa shape index (κ3) is 2.70. The van der Waals surface area contributed by atoms with Gasteiger partial charge in [0.05, 0.1) is 0 Å². The van der Waals surface area contributed by atoms with E-state index in [0.717, 1.165) is 25.8 Å². The van der Waals surface area contributed by atoms with Gasteiger partial charge >= 0.3 is 5.97 Å². The fourth-order valence-corrected chi connectivity index (χ4v) is 3.16. The average Bonchev–Trinajstić information content (AvgIpc) is 3.15. The van der Waals surface area contributed by atoms with Crippen LogP contribution in [0.4, 0.5) is 0 Å². The maximum atomic E-state index is 12.3.